The van der Waals surface area contributed by atoms with Gasteiger partial charge in [0.15, 0.2) is 5.75 Å². The molecule has 0 atom stereocenters. The van der Waals surface area contributed by atoms with Crippen LogP contribution in [0.5, 0.6) is 11.5 Å². The third-order valence-corrected chi connectivity index (χ3v) is 7.29. The molecule has 0 aliphatic carbocycles. The number of azo groups is 1. The quantitative estimate of drug-likeness (QED) is 0.155. The van der Waals surface area contributed by atoms with Crippen molar-refractivity contribution in [3.05, 3.63) is 81.8 Å². The van der Waals surface area contributed by atoms with Crippen molar-refractivity contribution in [2.45, 2.75) is 18.7 Å². The number of hydrogen-bond acceptors (Lipinski definition) is 7. The standard InChI is InChI=1S/C26H21Cl2N3O6S/c1-3-37-20-10-6-9-19(21(20)28)29-26(33)17-13-15-7-4-5-8-16(15)23(24(17)32)31-30-22-14(2)11-12-18(27)25(22)38(34,35)36/h4-13,32H,3H2,1-2H3,(H,29,33)(H,34,35,36). The monoisotopic (exact) mass is 573 g/mol. The van der Waals surface area contributed by atoms with Crippen LogP contribution in [0.25, 0.3) is 10.8 Å². The molecule has 0 saturated carbocycles. The van der Waals surface area contributed by atoms with Gasteiger partial charge in [-0.05, 0) is 49.1 Å². The predicted octanol–water partition coefficient (Wildman–Crippen LogP) is 7.47. The number of phenolic OH excluding ortho intramolecular Hbond substituents is 1. The fourth-order valence-corrected chi connectivity index (χ4v) is 5.20. The van der Waals surface area contributed by atoms with Crippen molar-refractivity contribution in [1.29, 1.82) is 0 Å². The third-order valence-electron chi connectivity index (χ3n) is 5.54. The molecule has 0 spiro atoms. The molecular weight excluding hydrogens is 553 g/mol. The Hall–Kier alpha value is -3.70. The number of carbonyl (C=O) groups is 1. The number of phenols is 1. The molecule has 0 aliphatic heterocycles. The van der Waals surface area contributed by atoms with Crippen molar-refractivity contribution in [2.24, 2.45) is 10.2 Å². The summed E-state index contributed by atoms with van der Waals surface area (Å²) in [5.74, 6) is -0.802. The van der Waals surface area contributed by atoms with E-state index in [1.807, 2.05) is 0 Å². The van der Waals surface area contributed by atoms with Crippen LogP contribution in [0.2, 0.25) is 10.0 Å². The highest BCUT2D eigenvalue weighted by Gasteiger charge is 2.23. The van der Waals surface area contributed by atoms with Crippen molar-refractivity contribution >= 4 is 67.1 Å². The van der Waals surface area contributed by atoms with Crippen molar-refractivity contribution in [3.63, 3.8) is 0 Å². The van der Waals surface area contributed by atoms with Gasteiger partial charge in [-0.1, -0.05) is 59.6 Å². The molecule has 0 aromatic heterocycles. The SMILES string of the molecule is CCOc1cccc(NC(=O)c2cc3ccccc3c(N=Nc3c(C)ccc(Cl)c3S(=O)(=O)O)c2O)c1Cl. The Labute approximate surface area is 228 Å². The molecule has 4 rings (SSSR count). The van der Waals surface area contributed by atoms with Gasteiger partial charge < -0.3 is 15.2 Å². The summed E-state index contributed by atoms with van der Waals surface area (Å²) >= 11 is 12.4. The number of hydrogen-bond donors (Lipinski definition) is 3. The van der Waals surface area contributed by atoms with Gasteiger partial charge in [-0.2, -0.15) is 8.42 Å². The highest BCUT2D eigenvalue weighted by atomic mass is 35.5. The number of halogens is 2. The molecule has 0 bridgehead atoms. The highest BCUT2D eigenvalue weighted by molar-refractivity contribution is 7.86. The van der Waals surface area contributed by atoms with Gasteiger partial charge in [0.2, 0.25) is 0 Å². The number of amides is 1. The van der Waals surface area contributed by atoms with Crippen molar-refractivity contribution in [1.82, 2.24) is 0 Å². The van der Waals surface area contributed by atoms with E-state index < -0.39 is 26.7 Å². The number of aryl methyl sites for hydroxylation is 1. The van der Waals surface area contributed by atoms with E-state index in [1.54, 1.807) is 56.3 Å². The Morgan fingerprint density at radius 2 is 1.74 bits per heavy atom. The Morgan fingerprint density at radius 3 is 2.45 bits per heavy atom. The molecule has 12 heteroatoms. The van der Waals surface area contributed by atoms with Crippen LogP contribution in [0, 0.1) is 6.92 Å². The summed E-state index contributed by atoms with van der Waals surface area (Å²) in [6.07, 6.45) is 0. The normalized spacial score (nSPS) is 11.7. The molecule has 0 unspecified atom stereocenters. The predicted molar refractivity (Wildman–Crippen MR) is 146 cm³/mol. The average Bonchev–Trinajstić information content (AvgIpc) is 2.86. The topological polar surface area (TPSA) is 138 Å². The fraction of sp³-hybridized carbons (Fsp3) is 0.115. The molecule has 38 heavy (non-hydrogen) atoms. The van der Waals surface area contributed by atoms with Crippen LogP contribution < -0.4 is 10.1 Å². The van der Waals surface area contributed by atoms with E-state index >= 15 is 0 Å². The molecule has 0 saturated heterocycles. The maximum atomic E-state index is 13.2. The van der Waals surface area contributed by atoms with Gasteiger partial charge in [0.25, 0.3) is 16.0 Å². The Morgan fingerprint density at radius 1 is 1.03 bits per heavy atom. The van der Waals surface area contributed by atoms with E-state index in [-0.39, 0.29) is 32.7 Å². The minimum absolute atomic E-state index is 0.0944. The van der Waals surface area contributed by atoms with Crippen LogP contribution in [0.1, 0.15) is 22.8 Å². The Bertz CT molecular complexity index is 1710. The number of rotatable bonds is 7. The van der Waals surface area contributed by atoms with E-state index in [0.717, 1.165) is 0 Å². The first-order valence-corrected chi connectivity index (χ1v) is 13.4. The average molecular weight is 574 g/mol. The van der Waals surface area contributed by atoms with Gasteiger partial charge in [-0.3, -0.25) is 9.35 Å². The second-order valence-electron chi connectivity index (χ2n) is 8.06. The molecule has 3 N–H and O–H groups in total. The van der Waals surface area contributed by atoms with E-state index in [2.05, 4.69) is 15.5 Å². The molecule has 0 heterocycles. The highest BCUT2D eigenvalue weighted by Crippen LogP contribution is 2.42. The smallest absolute Gasteiger partial charge is 0.298 e. The zero-order chi connectivity index (χ0) is 27.6. The number of benzene rings is 4. The lowest BCUT2D eigenvalue weighted by atomic mass is 10.0. The first-order valence-electron chi connectivity index (χ1n) is 11.2. The number of ether oxygens (including phenoxy) is 1. The van der Waals surface area contributed by atoms with Crippen molar-refractivity contribution < 1.29 is 27.6 Å². The van der Waals surface area contributed by atoms with Crippen LogP contribution >= 0.6 is 23.2 Å². The van der Waals surface area contributed by atoms with Gasteiger partial charge in [0.05, 0.1) is 22.9 Å². The van der Waals surface area contributed by atoms with Gasteiger partial charge in [0.1, 0.15) is 27.0 Å². The molecule has 9 nitrogen and oxygen atoms in total. The molecule has 0 fully saturated rings. The summed E-state index contributed by atoms with van der Waals surface area (Å²) < 4.78 is 39.1. The second-order valence-corrected chi connectivity index (χ2v) is 10.2. The fourth-order valence-electron chi connectivity index (χ4n) is 3.77. The number of anilines is 1. The summed E-state index contributed by atoms with van der Waals surface area (Å²) in [7, 11) is -4.75. The number of nitrogens with zero attached hydrogens (tertiary/aromatic N) is 2. The lowest BCUT2D eigenvalue weighted by Gasteiger charge is -2.13. The van der Waals surface area contributed by atoms with Gasteiger partial charge in [-0.25, -0.2) is 0 Å². The zero-order valence-electron chi connectivity index (χ0n) is 20.1. The number of carbonyl (C=O) groups excluding carboxylic acids is 1. The van der Waals surface area contributed by atoms with E-state index in [4.69, 9.17) is 27.9 Å². The molecule has 4 aromatic rings. The van der Waals surface area contributed by atoms with E-state index in [1.165, 1.54) is 18.2 Å². The summed E-state index contributed by atoms with van der Waals surface area (Å²) in [4.78, 5) is 12.6. The minimum Gasteiger partial charge on any atom is -0.505 e. The number of fused-ring (bicyclic) bond motifs is 1. The summed E-state index contributed by atoms with van der Waals surface area (Å²) in [6, 6.07) is 16.0. The largest absolute Gasteiger partial charge is 0.505 e. The van der Waals surface area contributed by atoms with Crippen LogP contribution in [0.4, 0.5) is 17.1 Å². The summed E-state index contributed by atoms with van der Waals surface area (Å²) in [6.45, 7) is 3.73. The maximum Gasteiger partial charge on any atom is 0.298 e. The molecule has 0 radical (unpaired) electrons. The Kier molecular flexibility index (Phi) is 7.89. The van der Waals surface area contributed by atoms with Crippen LogP contribution in [0.3, 0.4) is 0 Å². The van der Waals surface area contributed by atoms with Gasteiger partial charge >= 0.3 is 0 Å². The first-order chi connectivity index (χ1) is 18.0. The zero-order valence-corrected chi connectivity index (χ0v) is 22.4. The van der Waals surface area contributed by atoms with Crippen LogP contribution in [-0.2, 0) is 10.1 Å². The second kappa shape index (κ2) is 11.0. The third kappa shape index (κ3) is 5.44. The van der Waals surface area contributed by atoms with E-state index in [0.29, 0.717) is 28.7 Å². The molecular formula is C26H21Cl2N3O6S. The first kappa shape index (κ1) is 27.3. The maximum absolute atomic E-state index is 13.2. The van der Waals surface area contributed by atoms with E-state index in [9.17, 15) is 22.9 Å². The molecule has 4 aromatic carbocycles. The minimum atomic E-state index is -4.75. The lowest BCUT2D eigenvalue weighted by molar-refractivity contribution is 0.102. The molecule has 196 valence electrons. The summed E-state index contributed by atoms with van der Waals surface area (Å²) in [5.41, 5.74) is 0.187. The van der Waals surface area contributed by atoms with Crippen molar-refractivity contribution in [2.75, 3.05) is 11.9 Å². The summed E-state index contributed by atoms with van der Waals surface area (Å²) in [5, 5.41) is 22.8. The van der Waals surface area contributed by atoms with Crippen LogP contribution in [-0.4, -0.2) is 30.6 Å². The Balaban J connectivity index is 1.84. The number of aromatic hydroxyl groups is 1. The van der Waals surface area contributed by atoms with Gasteiger partial charge in [-0.15, -0.1) is 10.2 Å². The number of nitrogens with one attached hydrogen (secondary N) is 1. The molecule has 0 aliphatic rings. The van der Waals surface area contributed by atoms with Crippen molar-refractivity contribution in [3.8, 4) is 11.5 Å². The molecule has 1 amide bonds. The van der Waals surface area contributed by atoms with Gasteiger partial charge in [0, 0.05) is 5.39 Å². The van der Waals surface area contributed by atoms with Crippen LogP contribution in [0.15, 0.2) is 75.8 Å². The lowest BCUT2D eigenvalue weighted by Crippen LogP contribution is -2.13.